The maximum absolute atomic E-state index is 8.97. The van der Waals surface area contributed by atoms with Crippen LogP contribution in [0.15, 0.2) is 0 Å². The highest BCUT2D eigenvalue weighted by Crippen LogP contribution is 2.20. The van der Waals surface area contributed by atoms with Gasteiger partial charge in [0.15, 0.2) is 0 Å². The summed E-state index contributed by atoms with van der Waals surface area (Å²) in [5.41, 5.74) is 0. The van der Waals surface area contributed by atoms with Gasteiger partial charge >= 0.3 is 62.4 Å². The Morgan fingerprint density at radius 3 is 0.262 bits per heavy atom. The minimum Gasteiger partial charge on any atom is -0.387 e. The Bertz CT molecular complexity index is 1010. The molecule has 1 fully saturated rings. The van der Waals surface area contributed by atoms with E-state index in [0.29, 0.717) is 0 Å². The summed E-state index contributed by atoms with van der Waals surface area (Å²) in [6.45, 7) is 0. The van der Waals surface area contributed by atoms with Crippen LogP contribution in [0.1, 0.15) is 0 Å². The molecule has 0 aromatic heterocycles. The van der Waals surface area contributed by atoms with Crippen molar-refractivity contribution < 1.29 is 136 Å². The van der Waals surface area contributed by atoms with Gasteiger partial charge in [-0.15, -0.1) is 0 Å². The van der Waals surface area contributed by atoms with Crippen molar-refractivity contribution in [2.45, 2.75) is 36.6 Å². The van der Waals surface area contributed by atoms with E-state index in [2.05, 4.69) is 0 Å². The Morgan fingerprint density at radius 1 is 0.214 bits per heavy atom. The first-order valence-corrected chi connectivity index (χ1v) is 16.1. The van der Waals surface area contributed by atoms with Crippen LogP contribution in [0.5, 0.6) is 0 Å². The third-order valence-electron chi connectivity index (χ3n) is 2.10. The van der Waals surface area contributed by atoms with Crippen molar-refractivity contribution in [1.29, 1.82) is 0 Å². The van der Waals surface area contributed by atoms with Crippen LogP contribution in [-0.4, -0.2) is 172 Å². The Labute approximate surface area is 234 Å². The molecule has 18 N–H and O–H groups in total. The molecule has 1 saturated carbocycles. The molecule has 0 heterocycles. The van der Waals surface area contributed by atoms with Crippen LogP contribution in [0.4, 0.5) is 0 Å². The van der Waals surface area contributed by atoms with E-state index in [4.69, 9.17) is 136 Å². The van der Waals surface area contributed by atoms with Gasteiger partial charge in [0.1, 0.15) is 36.6 Å². The predicted molar refractivity (Wildman–Crippen MR) is 121 cm³/mol. The van der Waals surface area contributed by atoms with Crippen molar-refractivity contribution >= 4 is 62.4 Å². The van der Waals surface area contributed by atoms with Gasteiger partial charge in [-0.2, -0.15) is 50.5 Å². The van der Waals surface area contributed by atoms with Crippen LogP contribution >= 0.6 is 0 Å². The first kappa shape index (κ1) is 53.5. The highest BCUT2D eigenvalue weighted by atomic mass is 32.3. The third kappa shape index (κ3) is 106. The molecule has 0 aliphatic heterocycles. The number of aliphatic hydroxyl groups excluding tert-OH is 6. The predicted octanol–water partition coefficient (Wildman–Crippen LogP) is -7.75. The van der Waals surface area contributed by atoms with Crippen LogP contribution in [0, 0.1) is 0 Å². The summed E-state index contributed by atoms with van der Waals surface area (Å²) in [6, 6.07) is 0. The van der Waals surface area contributed by atoms with Crippen LogP contribution < -0.4 is 0 Å². The lowest BCUT2D eigenvalue weighted by molar-refractivity contribution is -0.223. The molecule has 0 atom stereocenters. The summed E-state index contributed by atoms with van der Waals surface area (Å²) >= 11 is 0. The van der Waals surface area contributed by atoms with E-state index in [0.717, 1.165) is 0 Å². The van der Waals surface area contributed by atoms with Gasteiger partial charge in [-0.25, -0.2) is 0 Å². The molecule has 0 bridgehead atoms. The van der Waals surface area contributed by atoms with E-state index in [1.807, 2.05) is 0 Å². The van der Waals surface area contributed by atoms with E-state index in [9.17, 15) is 0 Å². The highest BCUT2D eigenvalue weighted by molar-refractivity contribution is 7.81. The monoisotopic (exact) mass is 768 g/mol. The maximum Gasteiger partial charge on any atom is 0.394 e. The molecular weight excluding hydrogens is 744 g/mol. The standard InChI is InChI=1S/C6H12O6.6H2O4S/c7-1-2(8)4(10)6(12)5(11)3(1)9;6*1-5(2,3)4/h1-12H;6*(H2,1,2,3,4)/t1-,2-,3-,4+,5-,6-;;;;;;. The quantitative estimate of drug-likeness (QED) is 0.102. The van der Waals surface area contributed by atoms with E-state index in [1.54, 1.807) is 0 Å². The van der Waals surface area contributed by atoms with Crippen LogP contribution in [0.25, 0.3) is 0 Å². The normalized spacial score (nSPS) is 24.1. The van der Waals surface area contributed by atoms with E-state index < -0.39 is 99.0 Å². The molecule has 0 aromatic rings. The molecular formula is C6H24O30S6. The molecule has 1 aliphatic carbocycles. The van der Waals surface area contributed by atoms with Crippen molar-refractivity contribution in [3.63, 3.8) is 0 Å². The van der Waals surface area contributed by atoms with Crippen molar-refractivity contribution in [2.75, 3.05) is 0 Å². The topological polar surface area (TPSA) is 569 Å². The third-order valence-corrected chi connectivity index (χ3v) is 2.10. The van der Waals surface area contributed by atoms with E-state index in [-0.39, 0.29) is 0 Å². The second-order valence-corrected chi connectivity index (χ2v) is 11.0. The molecule has 0 unspecified atom stereocenters. The molecule has 0 aromatic carbocycles. The summed E-state index contributed by atoms with van der Waals surface area (Å²) < 4.78 is 190. The maximum atomic E-state index is 8.97. The zero-order valence-corrected chi connectivity index (χ0v) is 23.8. The van der Waals surface area contributed by atoms with Gasteiger partial charge in [0.25, 0.3) is 0 Å². The summed E-state index contributed by atoms with van der Waals surface area (Å²) in [7, 11) is -28.0. The second-order valence-electron chi connectivity index (χ2n) is 5.63. The summed E-state index contributed by atoms with van der Waals surface area (Å²) in [6.07, 6.45) is -9.84. The molecule has 0 amide bonds. The average Bonchev–Trinajstić information content (AvgIpc) is 2.55. The molecule has 264 valence electrons. The van der Waals surface area contributed by atoms with Gasteiger partial charge in [-0.3, -0.25) is 54.6 Å². The number of rotatable bonds is 0. The largest absolute Gasteiger partial charge is 0.394 e. The Hall–Kier alpha value is -1.02. The van der Waals surface area contributed by atoms with Gasteiger partial charge in [-0.1, -0.05) is 0 Å². The SMILES string of the molecule is O=S(=O)(O)O.O=S(=O)(O)O.O=S(=O)(O)O.O=S(=O)(O)O.O=S(=O)(O)O.O=S(=O)(O)O.O[C@H]1[C@H](O)[C@@H](O)[C@H](O)[C@@H](O)[C@H]1O. The Balaban J connectivity index is -0.0000000944. The first-order chi connectivity index (χ1) is 17.5. The lowest BCUT2D eigenvalue weighted by Crippen LogP contribution is -2.63. The number of hydrogen-bond acceptors (Lipinski definition) is 18. The minimum atomic E-state index is -4.67. The van der Waals surface area contributed by atoms with E-state index >= 15 is 0 Å². The molecule has 1 rings (SSSR count). The van der Waals surface area contributed by atoms with Gasteiger partial charge in [0.05, 0.1) is 0 Å². The van der Waals surface area contributed by atoms with Crippen molar-refractivity contribution in [1.82, 2.24) is 0 Å². The van der Waals surface area contributed by atoms with Crippen molar-refractivity contribution in [3.05, 3.63) is 0 Å². The molecule has 30 nitrogen and oxygen atoms in total. The summed E-state index contributed by atoms with van der Waals surface area (Å²) in [5.74, 6) is 0. The zero-order chi connectivity index (χ0) is 36.5. The minimum absolute atomic E-state index is 1.64. The Kier molecular flexibility index (Phi) is 27.6. The number of hydrogen-bond donors (Lipinski definition) is 18. The van der Waals surface area contributed by atoms with Crippen molar-refractivity contribution in [3.8, 4) is 0 Å². The average molecular weight is 769 g/mol. The van der Waals surface area contributed by atoms with E-state index in [1.165, 1.54) is 0 Å². The summed E-state index contributed by atoms with van der Waals surface area (Å²) in [4.78, 5) is 0. The highest BCUT2D eigenvalue weighted by Gasteiger charge is 2.47. The fraction of sp³-hybridized carbons (Fsp3) is 1.00. The molecule has 36 heteroatoms. The Morgan fingerprint density at radius 2 is 0.238 bits per heavy atom. The summed E-state index contributed by atoms with van der Waals surface area (Å²) in [5, 5.41) is 53.8. The van der Waals surface area contributed by atoms with Crippen LogP contribution in [0.2, 0.25) is 0 Å². The fourth-order valence-electron chi connectivity index (χ4n) is 1.21. The van der Waals surface area contributed by atoms with Crippen LogP contribution in [-0.2, 0) is 62.4 Å². The first-order valence-electron chi connectivity index (χ1n) is 7.74. The molecule has 0 saturated heterocycles. The molecule has 0 spiro atoms. The van der Waals surface area contributed by atoms with Crippen LogP contribution in [0.3, 0.4) is 0 Å². The zero-order valence-electron chi connectivity index (χ0n) is 18.9. The lowest BCUT2D eigenvalue weighted by Gasteiger charge is -2.39. The molecule has 0 radical (unpaired) electrons. The van der Waals surface area contributed by atoms with Gasteiger partial charge < -0.3 is 30.6 Å². The van der Waals surface area contributed by atoms with Gasteiger partial charge in [0.2, 0.25) is 0 Å². The smallest absolute Gasteiger partial charge is 0.387 e. The fourth-order valence-corrected chi connectivity index (χ4v) is 1.21. The van der Waals surface area contributed by atoms with Gasteiger partial charge in [-0.05, 0) is 0 Å². The van der Waals surface area contributed by atoms with Crippen molar-refractivity contribution in [2.24, 2.45) is 0 Å². The van der Waals surface area contributed by atoms with Gasteiger partial charge in [0, 0.05) is 0 Å². The number of aliphatic hydroxyl groups is 6. The lowest BCUT2D eigenvalue weighted by atomic mass is 9.85. The molecule has 1 aliphatic rings. The molecule has 42 heavy (non-hydrogen) atoms. The second kappa shape index (κ2) is 21.6.